The molecule has 2 N–H and O–H groups in total. The molecule has 0 aliphatic carbocycles. The number of aryl methyl sites for hydroxylation is 1. The molecule has 0 saturated carbocycles. The Morgan fingerprint density at radius 1 is 0.958 bits per heavy atom. The van der Waals surface area contributed by atoms with Crippen molar-refractivity contribution in [3.05, 3.63) is 130 Å². The fraction of sp³-hybridized carbons (Fsp3) is 0.167. The Balaban J connectivity index is 1.34. The van der Waals surface area contributed by atoms with Crippen LogP contribution in [0.5, 0.6) is 17.2 Å². The number of nitrogens with zero attached hydrogens (tertiary/aromatic N) is 3. The minimum Gasteiger partial charge on any atom is -0.507 e. The molecule has 0 spiro atoms. The molecule has 1 aromatic heterocycles. The highest BCUT2D eigenvalue weighted by Gasteiger charge is 2.48. The number of carbonyl (C=O) groups is 2. The number of anilines is 1. The first-order chi connectivity index (χ1) is 23.2. The topological polar surface area (TPSA) is 122 Å². The Bertz CT molecular complexity index is 2010. The number of hydrogen-bond donors (Lipinski definition) is 2. The molecule has 48 heavy (non-hydrogen) atoms. The van der Waals surface area contributed by atoms with Crippen LogP contribution in [0, 0.1) is 12.7 Å². The van der Waals surface area contributed by atoms with Crippen LogP contribution in [0.1, 0.15) is 40.8 Å². The van der Waals surface area contributed by atoms with Gasteiger partial charge < -0.3 is 19.7 Å². The summed E-state index contributed by atoms with van der Waals surface area (Å²) in [4.78, 5) is 28.5. The summed E-state index contributed by atoms with van der Waals surface area (Å²) in [7, 11) is 0. The highest BCUT2D eigenvalue weighted by molar-refractivity contribution is 8.00. The molecule has 2 heterocycles. The zero-order valence-corrected chi connectivity index (χ0v) is 27.6. The fourth-order valence-corrected chi connectivity index (χ4v) is 7.08. The van der Waals surface area contributed by atoms with Gasteiger partial charge >= 0.3 is 5.91 Å². The van der Waals surface area contributed by atoms with E-state index < -0.39 is 23.5 Å². The number of ketones is 1. The smallest absolute Gasteiger partial charge is 0.301 e. The van der Waals surface area contributed by atoms with Crippen molar-refractivity contribution in [3.8, 4) is 17.2 Å². The molecule has 5 aromatic rings. The summed E-state index contributed by atoms with van der Waals surface area (Å²) < 4.78 is 26.2. The molecule has 1 aliphatic heterocycles. The molecular formula is C36H30FN3O6S2. The van der Waals surface area contributed by atoms with Gasteiger partial charge in [0.05, 0.1) is 18.2 Å². The quantitative estimate of drug-likeness (QED) is 0.0477. The normalized spacial score (nSPS) is 15.6. The number of amides is 1. The molecule has 12 heteroatoms. The largest absolute Gasteiger partial charge is 0.507 e. The van der Waals surface area contributed by atoms with Gasteiger partial charge in [0.25, 0.3) is 5.78 Å². The number of halogens is 1. The number of thioether (sulfide) groups is 1. The maximum atomic E-state index is 14.2. The first-order valence-electron chi connectivity index (χ1n) is 15.0. The summed E-state index contributed by atoms with van der Waals surface area (Å²) in [5.41, 5.74) is 3.14. The lowest BCUT2D eigenvalue weighted by Crippen LogP contribution is -2.29. The number of aliphatic hydroxyl groups is 1. The van der Waals surface area contributed by atoms with Gasteiger partial charge in [-0.05, 0) is 78.6 Å². The van der Waals surface area contributed by atoms with Crippen molar-refractivity contribution in [1.29, 1.82) is 0 Å². The monoisotopic (exact) mass is 683 g/mol. The summed E-state index contributed by atoms with van der Waals surface area (Å²) in [5.74, 6) is -1.70. The number of aromatic hydroxyl groups is 1. The number of Topliss-reactive ketones (excluding diaryl/α,β-unsaturated/α-hetero) is 1. The van der Waals surface area contributed by atoms with Crippen LogP contribution in [0.3, 0.4) is 0 Å². The molecule has 1 atom stereocenters. The van der Waals surface area contributed by atoms with Gasteiger partial charge in [-0.2, -0.15) is 0 Å². The first-order valence-corrected chi connectivity index (χ1v) is 16.8. The minimum atomic E-state index is -1.13. The van der Waals surface area contributed by atoms with E-state index in [1.165, 1.54) is 34.9 Å². The molecule has 1 unspecified atom stereocenters. The third kappa shape index (κ3) is 6.76. The van der Waals surface area contributed by atoms with Crippen LogP contribution >= 0.6 is 23.1 Å². The van der Waals surface area contributed by atoms with Crippen LogP contribution in [0.25, 0.3) is 5.76 Å². The number of carbonyl (C=O) groups excluding carboxylic acids is 2. The second-order valence-corrected chi connectivity index (χ2v) is 13.0. The van der Waals surface area contributed by atoms with Crippen molar-refractivity contribution in [1.82, 2.24) is 10.2 Å². The number of rotatable bonds is 11. The van der Waals surface area contributed by atoms with Crippen molar-refractivity contribution in [2.75, 3.05) is 11.5 Å². The van der Waals surface area contributed by atoms with Crippen LogP contribution < -0.4 is 14.4 Å². The fourth-order valence-electron chi connectivity index (χ4n) is 5.23. The van der Waals surface area contributed by atoms with Gasteiger partial charge in [0.2, 0.25) is 5.13 Å². The van der Waals surface area contributed by atoms with E-state index in [1.54, 1.807) is 55.5 Å². The molecule has 0 bridgehead atoms. The van der Waals surface area contributed by atoms with Gasteiger partial charge in [-0.15, -0.1) is 10.2 Å². The summed E-state index contributed by atoms with van der Waals surface area (Å²) >= 11 is 2.30. The van der Waals surface area contributed by atoms with E-state index in [2.05, 4.69) is 10.2 Å². The lowest BCUT2D eigenvalue weighted by atomic mass is 9.95. The highest BCUT2D eigenvalue weighted by atomic mass is 32.2. The SMILES string of the molecule is CCOc1cc(C2C(=C(O)c3ccc(OCc4ccccc4C)cc3)C(=O)C(=O)N2c2nnc(SCc3ccccc3F)s2)ccc1O. The molecular weight excluding hydrogens is 654 g/mol. The molecule has 1 fully saturated rings. The highest BCUT2D eigenvalue weighted by Crippen LogP contribution is 2.45. The van der Waals surface area contributed by atoms with Gasteiger partial charge in [-0.3, -0.25) is 14.5 Å². The van der Waals surface area contributed by atoms with E-state index >= 15 is 0 Å². The van der Waals surface area contributed by atoms with Crippen molar-refractivity contribution in [2.24, 2.45) is 0 Å². The molecule has 1 aliphatic rings. The molecule has 1 amide bonds. The molecule has 244 valence electrons. The number of aliphatic hydroxyl groups excluding tert-OH is 1. The predicted molar refractivity (Wildman–Crippen MR) is 182 cm³/mol. The molecule has 4 aromatic carbocycles. The summed E-state index contributed by atoms with van der Waals surface area (Å²) in [6.07, 6.45) is 0. The molecule has 6 rings (SSSR count). The lowest BCUT2D eigenvalue weighted by Gasteiger charge is -2.23. The average Bonchev–Trinajstić information content (AvgIpc) is 3.66. The van der Waals surface area contributed by atoms with E-state index in [-0.39, 0.29) is 40.4 Å². The van der Waals surface area contributed by atoms with Crippen LogP contribution in [-0.4, -0.2) is 38.7 Å². The maximum absolute atomic E-state index is 14.2. The van der Waals surface area contributed by atoms with E-state index in [4.69, 9.17) is 9.47 Å². The Hall–Kier alpha value is -5.20. The number of phenols is 1. The predicted octanol–water partition coefficient (Wildman–Crippen LogP) is 7.59. The van der Waals surface area contributed by atoms with Crippen LogP contribution in [0.4, 0.5) is 9.52 Å². The maximum Gasteiger partial charge on any atom is 0.301 e. The zero-order valence-electron chi connectivity index (χ0n) is 25.9. The van der Waals surface area contributed by atoms with Gasteiger partial charge in [-0.25, -0.2) is 4.39 Å². The Morgan fingerprint density at radius 3 is 2.42 bits per heavy atom. The Labute approximate surface area is 284 Å². The number of aromatic nitrogens is 2. The summed E-state index contributed by atoms with van der Waals surface area (Å²) in [5, 5.41) is 30.5. The van der Waals surface area contributed by atoms with Crippen molar-refractivity contribution < 1.29 is 33.7 Å². The van der Waals surface area contributed by atoms with E-state index in [0.717, 1.165) is 22.5 Å². The zero-order chi connectivity index (χ0) is 33.8. The van der Waals surface area contributed by atoms with Gasteiger partial charge in [0.1, 0.15) is 23.9 Å². The van der Waals surface area contributed by atoms with Crippen LogP contribution in [0.2, 0.25) is 0 Å². The number of ether oxygens (including phenoxy) is 2. The van der Waals surface area contributed by atoms with Crippen LogP contribution in [-0.2, 0) is 21.9 Å². The second-order valence-electron chi connectivity index (χ2n) is 10.8. The third-order valence-electron chi connectivity index (χ3n) is 7.74. The average molecular weight is 684 g/mol. The van der Waals surface area contributed by atoms with E-state index in [0.29, 0.717) is 33.4 Å². The second kappa shape index (κ2) is 14.3. The lowest BCUT2D eigenvalue weighted by molar-refractivity contribution is -0.132. The first kappa shape index (κ1) is 32.7. The number of phenolic OH excluding ortho intramolecular Hbond substituents is 1. The Kier molecular flexibility index (Phi) is 9.74. The van der Waals surface area contributed by atoms with Crippen molar-refractivity contribution in [3.63, 3.8) is 0 Å². The molecule has 9 nitrogen and oxygen atoms in total. The minimum absolute atomic E-state index is 0.114. The van der Waals surface area contributed by atoms with Crippen molar-refractivity contribution in [2.45, 2.75) is 36.6 Å². The van der Waals surface area contributed by atoms with Gasteiger partial charge in [-0.1, -0.05) is 71.6 Å². The molecule has 0 radical (unpaired) electrons. The third-order valence-corrected chi connectivity index (χ3v) is 9.84. The Morgan fingerprint density at radius 2 is 1.69 bits per heavy atom. The van der Waals surface area contributed by atoms with E-state index in [1.807, 2.05) is 31.2 Å². The van der Waals surface area contributed by atoms with E-state index in [9.17, 15) is 24.2 Å². The van der Waals surface area contributed by atoms with Gasteiger partial charge in [0.15, 0.2) is 15.8 Å². The van der Waals surface area contributed by atoms with Crippen LogP contribution in [0.15, 0.2) is 101 Å². The summed E-state index contributed by atoms with van der Waals surface area (Å²) in [6.45, 7) is 4.38. The van der Waals surface area contributed by atoms with Crippen molar-refractivity contribution >= 4 is 45.7 Å². The van der Waals surface area contributed by atoms with Gasteiger partial charge in [0, 0.05) is 11.3 Å². The number of hydrogen-bond acceptors (Lipinski definition) is 10. The number of benzene rings is 4. The standard InChI is InChI=1S/C36H30FN3O6S2/c1-3-45-29-18-23(14-17-28(29)41)31-30(32(42)22-12-15-26(16-13-22)46-19-24-9-5-4-8-21(24)2)33(43)34(44)40(31)35-38-39-36(48-35)47-20-25-10-6-7-11-27(25)37/h4-18,31,41-42H,3,19-20H2,1-2H3. The molecule has 1 saturated heterocycles. The summed E-state index contributed by atoms with van der Waals surface area (Å²) in [6, 6.07) is 24.2.